The van der Waals surface area contributed by atoms with Crippen molar-refractivity contribution < 1.29 is 14.5 Å². The lowest BCUT2D eigenvalue weighted by Crippen LogP contribution is -2.49. The van der Waals surface area contributed by atoms with Crippen molar-refractivity contribution in [3.63, 3.8) is 0 Å². The standard InChI is InChI=1S/C35H33NO3/c1-24(25-11-13-27(14-12-25)26-7-3-2-4-8-26)34-23-37-35(39-38-34)19-17-30(18-20-35)36-31-15-16-33-29(22-31)21-28-9-5-6-10-32(28)33/h2-16,22,30,34,36H,1,17-21,23H2. The maximum Gasteiger partial charge on any atom is 0.201 e. The summed E-state index contributed by atoms with van der Waals surface area (Å²) < 4.78 is 6.31. The Labute approximate surface area is 230 Å². The van der Waals surface area contributed by atoms with Gasteiger partial charge in [-0.05, 0) is 75.9 Å². The Morgan fingerprint density at radius 2 is 1.49 bits per heavy atom. The topological polar surface area (TPSA) is 39.7 Å². The van der Waals surface area contributed by atoms with Gasteiger partial charge < -0.3 is 10.1 Å². The van der Waals surface area contributed by atoms with Crippen LogP contribution in [0.15, 0.2) is 104 Å². The number of ether oxygens (including phenoxy) is 1. The molecule has 1 aliphatic heterocycles. The van der Waals surface area contributed by atoms with Gasteiger partial charge in [-0.2, -0.15) is 0 Å². The van der Waals surface area contributed by atoms with E-state index in [2.05, 4.69) is 103 Å². The molecule has 0 radical (unpaired) electrons. The summed E-state index contributed by atoms with van der Waals surface area (Å²) in [6.07, 6.45) is 4.22. The Morgan fingerprint density at radius 3 is 2.26 bits per heavy atom. The molecular formula is C35H33NO3. The van der Waals surface area contributed by atoms with E-state index in [0.29, 0.717) is 12.6 Å². The van der Waals surface area contributed by atoms with E-state index in [0.717, 1.165) is 43.2 Å². The van der Waals surface area contributed by atoms with Crippen LogP contribution in [0.5, 0.6) is 0 Å². The first kappa shape index (κ1) is 24.3. The van der Waals surface area contributed by atoms with Crippen molar-refractivity contribution in [1.29, 1.82) is 0 Å². The minimum absolute atomic E-state index is 0.315. The molecule has 1 heterocycles. The van der Waals surface area contributed by atoms with Crippen LogP contribution in [0.1, 0.15) is 42.4 Å². The van der Waals surface area contributed by atoms with Gasteiger partial charge in [0.25, 0.3) is 0 Å². The van der Waals surface area contributed by atoms with Crippen molar-refractivity contribution in [3.8, 4) is 22.3 Å². The predicted octanol–water partition coefficient (Wildman–Crippen LogP) is 8.04. The maximum absolute atomic E-state index is 6.31. The number of fused-ring (bicyclic) bond motifs is 3. The van der Waals surface area contributed by atoms with Crippen LogP contribution in [0.3, 0.4) is 0 Å². The average molecular weight is 516 g/mol. The molecule has 1 saturated heterocycles. The highest BCUT2D eigenvalue weighted by atomic mass is 17.2. The SMILES string of the molecule is C=C(c1ccc(-c2ccccc2)cc1)C1COC2(CCC(Nc3ccc4c(c3)Cc3ccccc3-4)CC2)OO1. The minimum Gasteiger partial charge on any atom is -0.382 e. The number of hydrogen-bond donors (Lipinski definition) is 1. The minimum atomic E-state index is -0.661. The van der Waals surface area contributed by atoms with E-state index in [1.165, 1.54) is 39.1 Å². The van der Waals surface area contributed by atoms with Crippen LogP contribution in [0.25, 0.3) is 27.8 Å². The summed E-state index contributed by atoms with van der Waals surface area (Å²) in [5.74, 6) is -0.661. The molecule has 1 saturated carbocycles. The fraction of sp³-hybridized carbons (Fsp3) is 0.257. The summed E-state index contributed by atoms with van der Waals surface area (Å²) >= 11 is 0. The molecule has 0 amide bonds. The Bertz CT molecular complexity index is 1480. The van der Waals surface area contributed by atoms with Crippen LogP contribution in [0, 0.1) is 0 Å². The Balaban J connectivity index is 0.923. The molecule has 2 fully saturated rings. The van der Waals surface area contributed by atoms with Gasteiger partial charge in [-0.3, -0.25) is 0 Å². The molecule has 4 nitrogen and oxygen atoms in total. The summed E-state index contributed by atoms with van der Waals surface area (Å²) in [5, 5.41) is 3.76. The normalized spacial score (nSPS) is 23.7. The van der Waals surface area contributed by atoms with Gasteiger partial charge in [-0.1, -0.05) is 91.5 Å². The molecule has 1 unspecified atom stereocenters. The maximum atomic E-state index is 6.31. The lowest BCUT2D eigenvalue weighted by atomic mass is 9.89. The first-order valence-corrected chi connectivity index (χ1v) is 14.0. The van der Waals surface area contributed by atoms with Crippen LogP contribution >= 0.6 is 0 Å². The molecule has 4 heteroatoms. The highest BCUT2D eigenvalue weighted by Crippen LogP contribution is 2.40. The second-order valence-electron chi connectivity index (χ2n) is 11.0. The molecule has 1 atom stereocenters. The zero-order chi connectivity index (χ0) is 26.2. The molecule has 7 rings (SSSR count). The molecule has 3 aliphatic rings. The lowest BCUT2D eigenvalue weighted by Gasteiger charge is -2.43. The summed E-state index contributed by atoms with van der Waals surface area (Å²) in [6.45, 7) is 4.73. The number of benzene rings is 4. The van der Waals surface area contributed by atoms with Crippen molar-refractivity contribution in [2.45, 2.75) is 50.0 Å². The molecule has 1 spiro atoms. The van der Waals surface area contributed by atoms with Gasteiger partial charge in [0.05, 0.1) is 6.61 Å². The summed E-state index contributed by atoms with van der Waals surface area (Å²) in [4.78, 5) is 11.8. The van der Waals surface area contributed by atoms with Gasteiger partial charge in [-0.25, -0.2) is 9.78 Å². The van der Waals surface area contributed by atoms with E-state index in [-0.39, 0.29) is 6.10 Å². The Kier molecular flexibility index (Phi) is 6.32. The summed E-state index contributed by atoms with van der Waals surface area (Å²) in [6, 6.07) is 34.7. The van der Waals surface area contributed by atoms with Crippen LogP contribution in [0.4, 0.5) is 5.69 Å². The van der Waals surface area contributed by atoms with E-state index >= 15 is 0 Å². The van der Waals surface area contributed by atoms with Gasteiger partial charge in [-0.15, -0.1) is 0 Å². The molecule has 1 N–H and O–H groups in total. The number of rotatable bonds is 5. The van der Waals surface area contributed by atoms with E-state index in [4.69, 9.17) is 14.5 Å². The van der Waals surface area contributed by atoms with E-state index in [9.17, 15) is 0 Å². The van der Waals surface area contributed by atoms with Gasteiger partial charge in [0.15, 0.2) is 0 Å². The van der Waals surface area contributed by atoms with Crippen molar-refractivity contribution in [1.82, 2.24) is 0 Å². The third kappa shape index (κ3) is 4.80. The first-order chi connectivity index (χ1) is 19.2. The van der Waals surface area contributed by atoms with Crippen molar-refractivity contribution in [3.05, 3.63) is 120 Å². The molecule has 196 valence electrons. The smallest absolute Gasteiger partial charge is 0.201 e. The van der Waals surface area contributed by atoms with E-state index in [1.54, 1.807) is 0 Å². The van der Waals surface area contributed by atoms with Gasteiger partial charge in [0.2, 0.25) is 5.79 Å². The van der Waals surface area contributed by atoms with Gasteiger partial charge in [0, 0.05) is 24.6 Å². The van der Waals surface area contributed by atoms with Crippen molar-refractivity contribution in [2.75, 3.05) is 11.9 Å². The Hall–Kier alpha value is -3.70. The summed E-state index contributed by atoms with van der Waals surface area (Å²) in [5.41, 5.74) is 11.0. The number of nitrogens with one attached hydrogen (secondary N) is 1. The van der Waals surface area contributed by atoms with Crippen LogP contribution in [0.2, 0.25) is 0 Å². The van der Waals surface area contributed by atoms with Gasteiger partial charge in [0.1, 0.15) is 6.10 Å². The molecule has 39 heavy (non-hydrogen) atoms. The van der Waals surface area contributed by atoms with Crippen molar-refractivity contribution >= 4 is 11.3 Å². The predicted molar refractivity (Wildman–Crippen MR) is 156 cm³/mol. The highest BCUT2D eigenvalue weighted by molar-refractivity contribution is 5.78. The van der Waals surface area contributed by atoms with Crippen LogP contribution < -0.4 is 5.32 Å². The largest absolute Gasteiger partial charge is 0.382 e. The van der Waals surface area contributed by atoms with E-state index in [1.807, 2.05) is 6.07 Å². The zero-order valence-corrected chi connectivity index (χ0v) is 22.1. The van der Waals surface area contributed by atoms with E-state index < -0.39 is 5.79 Å². The fourth-order valence-electron chi connectivity index (χ4n) is 6.18. The fourth-order valence-corrected chi connectivity index (χ4v) is 6.18. The first-order valence-electron chi connectivity index (χ1n) is 14.0. The molecule has 2 aliphatic carbocycles. The monoisotopic (exact) mass is 515 g/mol. The third-order valence-electron chi connectivity index (χ3n) is 8.48. The number of anilines is 1. The van der Waals surface area contributed by atoms with Crippen LogP contribution in [-0.2, 0) is 20.9 Å². The number of hydrogen-bond acceptors (Lipinski definition) is 4. The second-order valence-corrected chi connectivity index (χ2v) is 11.0. The third-order valence-corrected chi connectivity index (χ3v) is 8.48. The second kappa shape index (κ2) is 10.1. The lowest BCUT2D eigenvalue weighted by molar-refractivity contribution is -0.483. The molecule has 4 aromatic rings. The average Bonchev–Trinajstić information content (AvgIpc) is 3.37. The highest BCUT2D eigenvalue weighted by Gasteiger charge is 2.43. The molecule has 0 aromatic heterocycles. The quantitative estimate of drug-likeness (QED) is 0.241. The molecule has 4 aromatic carbocycles. The Morgan fingerprint density at radius 1 is 0.769 bits per heavy atom. The molecule has 0 bridgehead atoms. The van der Waals surface area contributed by atoms with Crippen molar-refractivity contribution in [2.24, 2.45) is 0 Å². The zero-order valence-electron chi connectivity index (χ0n) is 22.1. The van der Waals surface area contributed by atoms with Crippen LogP contribution in [-0.4, -0.2) is 24.5 Å². The van der Waals surface area contributed by atoms with Gasteiger partial charge >= 0.3 is 0 Å². The summed E-state index contributed by atoms with van der Waals surface area (Å²) in [7, 11) is 0. The molecular weight excluding hydrogens is 482 g/mol.